The van der Waals surface area contributed by atoms with Crippen molar-refractivity contribution in [3.05, 3.63) is 22.4 Å². The molecule has 19 heavy (non-hydrogen) atoms. The summed E-state index contributed by atoms with van der Waals surface area (Å²) in [6, 6.07) is 4.43. The van der Waals surface area contributed by atoms with Gasteiger partial charge in [-0.25, -0.2) is 5.84 Å². The molecule has 0 aromatic carbocycles. The fraction of sp³-hybridized carbons (Fsp3) is 0.615. The lowest BCUT2D eigenvalue weighted by atomic mass is 10.2. The summed E-state index contributed by atoms with van der Waals surface area (Å²) in [6.07, 6.45) is 1.89. The van der Waals surface area contributed by atoms with Crippen molar-refractivity contribution < 1.29 is 4.74 Å². The molecular weight excluding hydrogens is 260 g/mol. The molecule has 4 N–H and O–H groups in total. The minimum Gasteiger partial charge on any atom is -0.382 e. The number of hydrazine groups is 1. The summed E-state index contributed by atoms with van der Waals surface area (Å²) < 4.78 is 5.27. The van der Waals surface area contributed by atoms with Crippen LogP contribution in [0.2, 0.25) is 0 Å². The van der Waals surface area contributed by atoms with Gasteiger partial charge in [0.15, 0.2) is 0 Å². The normalized spacial score (nSPS) is 13.3. The smallest absolute Gasteiger partial charge is 0.206 e. The number of nitrogens with one attached hydrogen (secondary N) is 2. The number of ether oxygens (including phenoxy) is 1. The summed E-state index contributed by atoms with van der Waals surface area (Å²) in [5.74, 6) is 6.13. The molecule has 1 heterocycles. The maximum absolute atomic E-state index is 5.50. The monoisotopic (exact) mass is 284 g/mol. The van der Waals surface area contributed by atoms with Gasteiger partial charge in [-0.2, -0.15) is 0 Å². The van der Waals surface area contributed by atoms with Gasteiger partial charge in [-0.3, -0.25) is 10.4 Å². The van der Waals surface area contributed by atoms with E-state index in [1.165, 1.54) is 4.88 Å². The number of guanidine groups is 1. The van der Waals surface area contributed by atoms with Crippen LogP contribution in [-0.4, -0.2) is 25.7 Å². The first-order valence-corrected chi connectivity index (χ1v) is 7.58. The molecular formula is C13H24N4OS. The van der Waals surface area contributed by atoms with Crippen molar-refractivity contribution in [2.24, 2.45) is 10.8 Å². The third kappa shape index (κ3) is 6.04. The molecule has 0 spiro atoms. The van der Waals surface area contributed by atoms with Gasteiger partial charge in [0.2, 0.25) is 5.96 Å². The number of aliphatic imine (C=N–C) groups is 1. The van der Waals surface area contributed by atoms with Gasteiger partial charge in [-0.15, -0.1) is 11.3 Å². The molecule has 0 aliphatic heterocycles. The molecule has 1 aromatic rings. The van der Waals surface area contributed by atoms with E-state index in [4.69, 9.17) is 10.6 Å². The molecule has 0 bridgehead atoms. The molecule has 108 valence electrons. The lowest BCUT2D eigenvalue weighted by molar-refractivity contribution is 0.146. The van der Waals surface area contributed by atoms with Crippen LogP contribution in [0.5, 0.6) is 0 Å². The second-order valence-electron chi connectivity index (χ2n) is 4.05. The Morgan fingerprint density at radius 1 is 1.53 bits per heavy atom. The van der Waals surface area contributed by atoms with Crippen molar-refractivity contribution in [1.29, 1.82) is 0 Å². The second kappa shape index (κ2) is 9.77. The molecule has 0 fully saturated rings. The molecule has 1 aromatic heterocycles. The second-order valence-corrected chi connectivity index (χ2v) is 5.03. The van der Waals surface area contributed by atoms with Crippen LogP contribution in [-0.2, 0) is 4.74 Å². The molecule has 1 unspecified atom stereocenters. The van der Waals surface area contributed by atoms with Crippen LogP contribution >= 0.6 is 11.3 Å². The van der Waals surface area contributed by atoms with Gasteiger partial charge in [0, 0.05) is 24.6 Å². The largest absolute Gasteiger partial charge is 0.382 e. The van der Waals surface area contributed by atoms with Crippen LogP contribution < -0.4 is 16.6 Å². The minimum absolute atomic E-state index is 0.252. The SMILES string of the molecule is CCOCCCN=C(NN)NC(CC)c1cccs1. The van der Waals surface area contributed by atoms with E-state index in [-0.39, 0.29) is 6.04 Å². The average molecular weight is 284 g/mol. The number of nitrogens with two attached hydrogens (primary N) is 1. The third-order valence-corrected chi connectivity index (χ3v) is 3.65. The Bertz CT molecular complexity index is 354. The quantitative estimate of drug-likeness (QED) is 0.225. The Kier molecular flexibility index (Phi) is 8.20. The Labute approximate surface area is 119 Å². The molecule has 1 rings (SSSR count). The van der Waals surface area contributed by atoms with E-state index in [0.29, 0.717) is 12.5 Å². The van der Waals surface area contributed by atoms with Gasteiger partial charge in [-0.1, -0.05) is 13.0 Å². The van der Waals surface area contributed by atoms with Crippen LogP contribution in [0.4, 0.5) is 0 Å². The maximum atomic E-state index is 5.50. The van der Waals surface area contributed by atoms with Crippen LogP contribution in [0.3, 0.4) is 0 Å². The predicted octanol–water partition coefficient (Wildman–Crippen LogP) is 2.03. The van der Waals surface area contributed by atoms with Gasteiger partial charge < -0.3 is 10.1 Å². The molecule has 0 radical (unpaired) electrons. The first-order chi connectivity index (χ1) is 9.31. The molecule has 0 aliphatic rings. The van der Waals surface area contributed by atoms with Crippen LogP contribution in [0.15, 0.2) is 22.5 Å². The number of hydrogen-bond donors (Lipinski definition) is 3. The predicted molar refractivity (Wildman–Crippen MR) is 81.2 cm³/mol. The van der Waals surface area contributed by atoms with E-state index in [1.807, 2.05) is 6.92 Å². The first kappa shape index (κ1) is 15.9. The lowest BCUT2D eigenvalue weighted by Crippen LogP contribution is -2.43. The summed E-state index contributed by atoms with van der Waals surface area (Å²) in [4.78, 5) is 5.70. The first-order valence-electron chi connectivity index (χ1n) is 6.70. The van der Waals surface area contributed by atoms with Gasteiger partial charge in [0.25, 0.3) is 0 Å². The molecule has 1 atom stereocenters. The minimum atomic E-state index is 0.252. The highest BCUT2D eigenvalue weighted by Crippen LogP contribution is 2.21. The summed E-state index contributed by atoms with van der Waals surface area (Å²) in [5.41, 5.74) is 2.62. The van der Waals surface area contributed by atoms with E-state index in [1.54, 1.807) is 11.3 Å². The highest BCUT2D eigenvalue weighted by atomic mass is 32.1. The summed E-state index contributed by atoms with van der Waals surface area (Å²) in [5, 5.41) is 5.41. The van der Waals surface area contributed by atoms with Gasteiger partial charge in [-0.05, 0) is 31.2 Å². The highest BCUT2D eigenvalue weighted by Gasteiger charge is 2.11. The number of hydrogen-bond acceptors (Lipinski definition) is 4. The Morgan fingerprint density at radius 3 is 2.95 bits per heavy atom. The standard InChI is InChI=1S/C13H24N4OS/c1-3-11(12-7-5-10-19-12)16-13(17-14)15-8-6-9-18-4-2/h5,7,10-11H,3-4,6,8-9,14H2,1-2H3,(H2,15,16,17). The molecule has 0 saturated heterocycles. The zero-order valence-electron chi connectivity index (χ0n) is 11.7. The Morgan fingerprint density at radius 2 is 2.37 bits per heavy atom. The van der Waals surface area contributed by atoms with Crippen molar-refractivity contribution in [1.82, 2.24) is 10.7 Å². The van der Waals surface area contributed by atoms with Crippen molar-refractivity contribution >= 4 is 17.3 Å². The van der Waals surface area contributed by atoms with Crippen molar-refractivity contribution in [2.45, 2.75) is 32.7 Å². The Hall–Kier alpha value is -1.11. The van der Waals surface area contributed by atoms with E-state index in [9.17, 15) is 0 Å². The molecule has 0 saturated carbocycles. The van der Waals surface area contributed by atoms with Crippen LogP contribution in [0, 0.1) is 0 Å². The Balaban J connectivity index is 2.43. The average Bonchev–Trinajstić information content (AvgIpc) is 2.96. The fourth-order valence-corrected chi connectivity index (χ4v) is 2.52. The van der Waals surface area contributed by atoms with E-state index < -0.39 is 0 Å². The molecule has 0 aliphatic carbocycles. The van der Waals surface area contributed by atoms with E-state index in [2.05, 4.69) is 40.2 Å². The molecule has 6 heteroatoms. The number of rotatable bonds is 8. The third-order valence-electron chi connectivity index (χ3n) is 2.66. The highest BCUT2D eigenvalue weighted by molar-refractivity contribution is 7.10. The summed E-state index contributed by atoms with van der Waals surface area (Å²) >= 11 is 1.74. The zero-order valence-corrected chi connectivity index (χ0v) is 12.5. The number of nitrogens with zero attached hydrogens (tertiary/aromatic N) is 1. The topological polar surface area (TPSA) is 71.7 Å². The van der Waals surface area contributed by atoms with Crippen molar-refractivity contribution in [2.75, 3.05) is 19.8 Å². The van der Waals surface area contributed by atoms with Gasteiger partial charge >= 0.3 is 0 Å². The van der Waals surface area contributed by atoms with Gasteiger partial charge in [0.05, 0.1) is 6.04 Å². The van der Waals surface area contributed by atoms with E-state index >= 15 is 0 Å². The van der Waals surface area contributed by atoms with Crippen LogP contribution in [0.25, 0.3) is 0 Å². The van der Waals surface area contributed by atoms with Crippen molar-refractivity contribution in [3.8, 4) is 0 Å². The number of thiophene rings is 1. The van der Waals surface area contributed by atoms with Crippen LogP contribution in [0.1, 0.15) is 37.6 Å². The van der Waals surface area contributed by atoms with Crippen molar-refractivity contribution in [3.63, 3.8) is 0 Å². The van der Waals surface area contributed by atoms with Gasteiger partial charge in [0.1, 0.15) is 0 Å². The summed E-state index contributed by atoms with van der Waals surface area (Å²) in [7, 11) is 0. The zero-order chi connectivity index (χ0) is 13.9. The molecule has 5 nitrogen and oxygen atoms in total. The van der Waals surface area contributed by atoms with E-state index in [0.717, 1.165) is 26.1 Å². The maximum Gasteiger partial charge on any atom is 0.206 e. The fourth-order valence-electron chi connectivity index (χ4n) is 1.66. The summed E-state index contributed by atoms with van der Waals surface area (Å²) in [6.45, 7) is 6.32. The molecule has 0 amide bonds. The lowest BCUT2D eigenvalue weighted by Gasteiger charge is -2.18.